The second-order valence-electron chi connectivity index (χ2n) is 5.30. The number of H-pyrrole nitrogens is 1. The van der Waals surface area contributed by atoms with E-state index in [9.17, 15) is 4.79 Å². The topological polar surface area (TPSA) is 52.2 Å². The summed E-state index contributed by atoms with van der Waals surface area (Å²) in [6.07, 6.45) is 0. The summed E-state index contributed by atoms with van der Waals surface area (Å²) in [7, 11) is 2.08. The van der Waals surface area contributed by atoms with Crippen LogP contribution in [0, 0.1) is 6.92 Å². The molecule has 0 spiro atoms. The van der Waals surface area contributed by atoms with E-state index in [2.05, 4.69) is 21.9 Å². The number of anilines is 1. The van der Waals surface area contributed by atoms with Crippen molar-refractivity contribution in [1.29, 1.82) is 0 Å². The average molecular weight is 293 g/mol. The molecule has 0 aliphatic carbocycles. The Morgan fingerprint density at radius 3 is 2.65 bits per heavy atom. The van der Waals surface area contributed by atoms with Crippen molar-refractivity contribution in [3.05, 3.63) is 33.1 Å². The van der Waals surface area contributed by atoms with E-state index in [1.54, 1.807) is 0 Å². The molecule has 1 aromatic heterocycles. The highest BCUT2D eigenvalue weighted by atomic mass is 35.5. The van der Waals surface area contributed by atoms with Gasteiger partial charge in [-0.25, -0.2) is 4.98 Å². The number of fused-ring (bicyclic) bond motifs is 1. The zero-order chi connectivity index (χ0) is 14.3. The van der Waals surface area contributed by atoms with Crippen molar-refractivity contribution < 1.29 is 0 Å². The minimum Gasteiger partial charge on any atom is -0.349 e. The van der Waals surface area contributed by atoms with Crippen molar-refractivity contribution in [2.75, 3.05) is 38.1 Å². The fraction of sp³-hybridized carbons (Fsp3) is 0.429. The molecule has 0 amide bonds. The van der Waals surface area contributed by atoms with E-state index in [4.69, 9.17) is 11.6 Å². The molecule has 0 unspecified atom stereocenters. The highest BCUT2D eigenvalue weighted by Gasteiger charge is 2.18. The maximum Gasteiger partial charge on any atom is 0.291 e. The summed E-state index contributed by atoms with van der Waals surface area (Å²) in [6, 6.07) is 3.67. The molecule has 1 fully saturated rings. The maximum atomic E-state index is 12.2. The van der Waals surface area contributed by atoms with E-state index in [0.29, 0.717) is 10.8 Å². The zero-order valence-corrected chi connectivity index (χ0v) is 12.4. The van der Waals surface area contributed by atoms with E-state index in [1.807, 2.05) is 24.0 Å². The van der Waals surface area contributed by atoms with Crippen molar-refractivity contribution >= 4 is 28.5 Å². The molecule has 1 aliphatic rings. The first-order valence-electron chi connectivity index (χ1n) is 6.68. The molecule has 0 bridgehead atoms. The van der Waals surface area contributed by atoms with Gasteiger partial charge in [0.05, 0.1) is 11.0 Å². The minimum absolute atomic E-state index is 0.135. The van der Waals surface area contributed by atoms with Gasteiger partial charge in [-0.3, -0.25) is 4.79 Å². The fourth-order valence-corrected chi connectivity index (χ4v) is 2.60. The van der Waals surface area contributed by atoms with E-state index in [0.717, 1.165) is 42.8 Å². The number of piperazine rings is 1. The van der Waals surface area contributed by atoms with Crippen LogP contribution < -0.4 is 10.5 Å². The van der Waals surface area contributed by atoms with Gasteiger partial charge < -0.3 is 14.8 Å². The molecule has 20 heavy (non-hydrogen) atoms. The Bertz CT molecular complexity index is 704. The first kappa shape index (κ1) is 13.4. The van der Waals surface area contributed by atoms with E-state index in [1.165, 1.54) is 0 Å². The Morgan fingerprint density at radius 2 is 1.95 bits per heavy atom. The van der Waals surface area contributed by atoms with Crippen LogP contribution >= 0.6 is 11.6 Å². The number of hydrogen-bond donors (Lipinski definition) is 1. The standard InChI is InChI=1S/C14H17ClN4O/c1-9-7-11-12(8-10(9)15)16-13(14(20)17-11)19-5-3-18(2)4-6-19/h7-8H,3-6H2,1-2H3,(H,17,20). The number of nitrogens with one attached hydrogen (secondary N) is 1. The number of halogens is 1. The van der Waals surface area contributed by atoms with Crippen LogP contribution in [0.15, 0.2) is 16.9 Å². The van der Waals surface area contributed by atoms with Crippen molar-refractivity contribution in [2.24, 2.45) is 0 Å². The Labute approximate surface area is 122 Å². The molecule has 6 heteroatoms. The van der Waals surface area contributed by atoms with E-state index < -0.39 is 0 Å². The summed E-state index contributed by atoms with van der Waals surface area (Å²) >= 11 is 6.13. The van der Waals surface area contributed by atoms with Gasteiger partial charge in [-0.15, -0.1) is 0 Å². The van der Waals surface area contributed by atoms with E-state index in [-0.39, 0.29) is 5.56 Å². The molecule has 1 N–H and O–H groups in total. The van der Waals surface area contributed by atoms with Gasteiger partial charge in [0.2, 0.25) is 0 Å². The van der Waals surface area contributed by atoms with Crippen molar-refractivity contribution in [1.82, 2.24) is 14.9 Å². The number of aromatic nitrogens is 2. The van der Waals surface area contributed by atoms with Crippen LogP contribution in [0.3, 0.4) is 0 Å². The molecule has 2 heterocycles. The summed E-state index contributed by atoms with van der Waals surface area (Å²) in [4.78, 5) is 23.9. The molecule has 106 valence electrons. The largest absolute Gasteiger partial charge is 0.349 e. The van der Waals surface area contributed by atoms with E-state index >= 15 is 0 Å². The predicted octanol–water partition coefficient (Wildman–Crippen LogP) is 1.64. The van der Waals surface area contributed by atoms with Crippen LogP contribution in [-0.4, -0.2) is 48.1 Å². The van der Waals surface area contributed by atoms with Crippen molar-refractivity contribution in [3.8, 4) is 0 Å². The van der Waals surface area contributed by atoms with Gasteiger partial charge >= 0.3 is 0 Å². The number of likely N-dealkylation sites (N-methyl/N-ethyl adjacent to an activating group) is 1. The lowest BCUT2D eigenvalue weighted by atomic mass is 10.2. The molecule has 0 atom stereocenters. The molecule has 1 saturated heterocycles. The summed E-state index contributed by atoms with van der Waals surface area (Å²) < 4.78 is 0. The number of nitrogens with zero attached hydrogens (tertiary/aromatic N) is 3. The molecule has 1 aromatic carbocycles. The normalized spacial score (nSPS) is 16.9. The van der Waals surface area contributed by atoms with Crippen LogP contribution in [0.2, 0.25) is 5.02 Å². The molecule has 2 aromatic rings. The zero-order valence-electron chi connectivity index (χ0n) is 11.6. The lowest BCUT2D eigenvalue weighted by Crippen LogP contribution is -2.46. The van der Waals surface area contributed by atoms with Gasteiger partial charge in [-0.2, -0.15) is 0 Å². The third-order valence-corrected chi connectivity index (χ3v) is 4.16. The fourth-order valence-electron chi connectivity index (χ4n) is 2.44. The van der Waals surface area contributed by atoms with Crippen molar-refractivity contribution in [3.63, 3.8) is 0 Å². The molecule has 0 saturated carbocycles. The molecular weight excluding hydrogens is 276 g/mol. The second-order valence-corrected chi connectivity index (χ2v) is 5.71. The first-order valence-corrected chi connectivity index (χ1v) is 7.06. The number of hydrogen-bond acceptors (Lipinski definition) is 4. The first-order chi connectivity index (χ1) is 9.54. The second kappa shape index (κ2) is 5.07. The summed E-state index contributed by atoms with van der Waals surface area (Å²) in [5.41, 5.74) is 2.26. The predicted molar refractivity (Wildman–Crippen MR) is 81.8 cm³/mol. The number of benzene rings is 1. The van der Waals surface area contributed by atoms with Gasteiger partial charge in [-0.1, -0.05) is 11.6 Å². The third kappa shape index (κ3) is 2.39. The summed E-state index contributed by atoms with van der Waals surface area (Å²) in [6.45, 7) is 5.42. The lowest BCUT2D eigenvalue weighted by Gasteiger charge is -2.32. The quantitative estimate of drug-likeness (QED) is 0.868. The number of aromatic amines is 1. The maximum absolute atomic E-state index is 12.2. The molecule has 0 radical (unpaired) electrons. The molecule has 3 rings (SSSR count). The van der Waals surface area contributed by atoms with Crippen LogP contribution in [-0.2, 0) is 0 Å². The SMILES string of the molecule is Cc1cc2[nH]c(=O)c(N3CCN(C)CC3)nc2cc1Cl. The summed E-state index contributed by atoms with van der Waals surface area (Å²) in [5.74, 6) is 0.491. The molecule has 5 nitrogen and oxygen atoms in total. The monoisotopic (exact) mass is 292 g/mol. The van der Waals surface area contributed by atoms with Gasteiger partial charge in [0.15, 0.2) is 5.82 Å². The number of aryl methyl sites for hydroxylation is 1. The summed E-state index contributed by atoms with van der Waals surface area (Å²) in [5, 5.41) is 0.668. The Balaban J connectivity index is 2.05. The molecule has 1 aliphatic heterocycles. The van der Waals surface area contributed by atoms with Gasteiger partial charge in [0.25, 0.3) is 5.56 Å². The Morgan fingerprint density at radius 1 is 1.25 bits per heavy atom. The van der Waals surface area contributed by atoms with Gasteiger partial charge in [0, 0.05) is 31.2 Å². The van der Waals surface area contributed by atoms with Crippen LogP contribution in [0.25, 0.3) is 11.0 Å². The van der Waals surface area contributed by atoms with Crippen LogP contribution in [0.1, 0.15) is 5.56 Å². The van der Waals surface area contributed by atoms with Crippen LogP contribution in [0.4, 0.5) is 5.82 Å². The minimum atomic E-state index is -0.135. The number of rotatable bonds is 1. The lowest BCUT2D eigenvalue weighted by molar-refractivity contribution is 0.312. The Kier molecular flexibility index (Phi) is 3.40. The van der Waals surface area contributed by atoms with Crippen molar-refractivity contribution in [2.45, 2.75) is 6.92 Å². The Hall–Kier alpha value is -1.59. The smallest absolute Gasteiger partial charge is 0.291 e. The highest BCUT2D eigenvalue weighted by molar-refractivity contribution is 6.32. The third-order valence-electron chi connectivity index (χ3n) is 3.76. The van der Waals surface area contributed by atoms with Gasteiger partial charge in [0.1, 0.15) is 0 Å². The highest BCUT2D eigenvalue weighted by Crippen LogP contribution is 2.21. The molecular formula is C14H17ClN4O. The van der Waals surface area contributed by atoms with Gasteiger partial charge in [-0.05, 0) is 31.7 Å². The average Bonchev–Trinajstić information content (AvgIpc) is 2.41. The van der Waals surface area contributed by atoms with Crippen LogP contribution in [0.5, 0.6) is 0 Å².